The zero-order chi connectivity index (χ0) is 20.0. The molecule has 3 rings (SSSR count). The van der Waals surface area contributed by atoms with Gasteiger partial charge in [0.15, 0.2) is 0 Å². The highest BCUT2D eigenvalue weighted by Crippen LogP contribution is 2.30. The molecule has 0 saturated heterocycles. The minimum atomic E-state index is -5.43. The Balaban J connectivity index is 1.86. The lowest BCUT2D eigenvalue weighted by Gasteiger charge is -2.09. The van der Waals surface area contributed by atoms with Crippen molar-refractivity contribution >= 4 is 26.9 Å². The number of rotatable bonds is 3. The van der Waals surface area contributed by atoms with Gasteiger partial charge in [0.2, 0.25) is 0 Å². The number of alkyl halides is 3. The number of hydrogen-bond donors (Lipinski definition) is 1. The summed E-state index contributed by atoms with van der Waals surface area (Å²) in [6, 6.07) is 7.36. The first-order chi connectivity index (χ1) is 12.5. The summed E-state index contributed by atoms with van der Waals surface area (Å²) < 4.78 is 62.0. The Hall–Kier alpha value is -2.88. The van der Waals surface area contributed by atoms with Gasteiger partial charge in [-0.05, 0) is 49.7 Å². The molecule has 1 amide bonds. The number of halogens is 3. The van der Waals surface area contributed by atoms with Crippen LogP contribution in [0, 0.1) is 13.8 Å². The fourth-order valence-electron chi connectivity index (χ4n) is 2.50. The van der Waals surface area contributed by atoms with Crippen LogP contribution >= 0.6 is 0 Å². The summed E-state index contributed by atoms with van der Waals surface area (Å²) in [5.41, 5.74) is -2.50. The maximum Gasteiger partial charge on any atom is 0.501 e. The minimum Gasteiger partial charge on any atom is -0.322 e. The number of amides is 1. The van der Waals surface area contributed by atoms with E-state index in [0.29, 0.717) is 5.52 Å². The van der Waals surface area contributed by atoms with E-state index in [1.165, 1.54) is 6.20 Å². The Morgan fingerprint density at radius 1 is 1.07 bits per heavy atom. The van der Waals surface area contributed by atoms with Gasteiger partial charge in [-0.1, -0.05) is 6.07 Å². The lowest BCUT2D eigenvalue weighted by molar-refractivity contribution is -0.0436. The summed E-state index contributed by atoms with van der Waals surface area (Å²) in [4.78, 5) is 11.6. The molecule has 2 aromatic heterocycles. The molecular weight excluding hydrogens is 383 g/mol. The third-order valence-electron chi connectivity index (χ3n) is 4.16. The Bertz CT molecular complexity index is 1130. The molecule has 0 bridgehead atoms. The molecule has 0 saturated carbocycles. The third-order valence-corrected chi connectivity index (χ3v) is 5.66. The number of carbonyl (C=O) groups excluding carboxylic acids is 1. The van der Waals surface area contributed by atoms with Crippen LogP contribution in [0.25, 0.3) is 5.52 Å². The van der Waals surface area contributed by atoms with Crippen molar-refractivity contribution in [1.29, 1.82) is 0 Å². The first-order valence-electron chi connectivity index (χ1n) is 7.69. The predicted octanol–water partition coefficient (Wildman–Crippen LogP) is 3.50. The number of sulfone groups is 1. The van der Waals surface area contributed by atoms with E-state index in [9.17, 15) is 26.4 Å². The van der Waals surface area contributed by atoms with Gasteiger partial charge in [-0.3, -0.25) is 4.79 Å². The molecule has 1 aromatic carbocycles. The van der Waals surface area contributed by atoms with Gasteiger partial charge in [-0.15, -0.1) is 0 Å². The zero-order valence-corrected chi connectivity index (χ0v) is 15.0. The number of benzene rings is 1. The largest absolute Gasteiger partial charge is 0.501 e. The van der Waals surface area contributed by atoms with Gasteiger partial charge < -0.3 is 5.32 Å². The first-order valence-corrected chi connectivity index (χ1v) is 9.17. The summed E-state index contributed by atoms with van der Waals surface area (Å²) in [5, 5.41) is 6.69. The summed E-state index contributed by atoms with van der Waals surface area (Å²) in [7, 11) is -5.43. The Morgan fingerprint density at radius 2 is 1.70 bits per heavy atom. The van der Waals surface area contributed by atoms with Gasteiger partial charge in [0.25, 0.3) is 15.7 Å². The second kappa shape index (κ2) is 6.38. The van der Waals surface area contributed by atoms with Crippen molar-refractivity contribution < 1.29 is 26.4 Å². The molecule has 0 radical (unpaired) electrons. The molecule has 0 aliphatic heterocycles. The number of anilines is 1. The van der Waals surface area contributed by atoms with Crippen molar-refractivity contribution in [3.8, 4) is 0 Å². The highest BCUT2D eigenvalue weighted by molar-refractivity contribution is 7.92. The van der Waals surface area contributed by atoms with Crippen molar-refractivity contribution in [2.24, 2.45) is 0 Å². The van der Waals surface area contributed by atoms with Gasteiger partial charge in [-0.2, -0.15) is 18.3 Å². The average molecular weight is 397 g/mol. The Labute approximate surface area is 152 Å². The van der Waals surface area contributed by atoms with Crippen LogP contribution in [0.3, 0.4) is 0 Å². The van der Waals surface area contributed by atoms with E-state index in [4.69, 9.17) is 0 Å². The number of carbonyl (C=O) groups is 1. The highest BCUT2D eigenvalue weighted by atomic mass is 32.2. The predicted molar refractivity (Wildman–Crippen MR) is 92.3 cm³/mol. The number of aromatic nitrogens is 2. The molecular formula is C17H14F3N3O3S. The van der Waals surface area contributed by atoms with Gasteiger partial charge in [0.05, 0.1) is 22.2 Å². The van der Waals surface area contributed by atoms with Gasteiger partial charge in [-0.25, -0.2) is 12.9 Å². The van der Waals surface area contributed by atoms with Crippen LogP contribution in [0.5, 0.6) is 0 Å². The second-order valence-electron chi connectivity index (χ2n) is 5.88. The standard InChI is InChI=1S/C17H14F3N3O3S/c1-10-3-8-15-14(9-21-23(15)11(10)2)16(24)22-12-4-6-13(7-5-12)27(25,26)17(18,19)20/h3-9H,1-2H3,(H,22,24). The molecule has 27 heavy (non-hydrogen) atoms. The van der Waals surface area contributed by atoms with Crippen LogP contribution in [0.15, 0.2) is 47.5 Å². The van der Waals surface area contributed by atoms with Crippen LogP contribution in [0.1, 0.15) is 21.6 Å². The highest BCUT2D eigenvalue weighted by Gasteiger charge is 2.46. The van der Waals surface area contributed by atoms with Crippen LogP contribution in [-0.4, -0.2) is 29.4 Å². The molecule has 142 valence electrons. The van der Waals surface area contributed by atoms with Crippen molar-refractivity contribution in [3.05, 3.63) is 59.4 Å². The molecule has 2 heterocycles. The summed E-state index contributed by atoms with van der Waals surface area (Å²) in [6.45, 7) is 3.77. The third kappa shape index (κ3) is 3.27. The molecule has 6 nitrogen and oxygen atoms in total. The number of fused-ring (bicyclic) bond motifs is 1. The van der Waals surface area contributed by atoms with E-state index in [2.05, 4.69) is 10.4 Å². The number of nitrogens with zero attached hydrogens (tertiary/aromatic N) is 2. The lowest BCUT2D eigenvalue weighted by atomic mass is 10.2. The normalized spacial score (nSPS) is 12.3. The van der Waals surface area contributed by atoms with Crippen molar-refractivity contribution in [1.82, 2.24) is 9.61 Å². The second-order valence-corrected chi connectivity index (χ2v) is 7.83. The molecule has 0 aliphatic rings. The maximum atomic E-state index is 12.6. The van der Waals surface area contributed by atoms with E-state index in [-0.39, 0.29) is 11.3 Å². The number of aryl methyl sites for hydroxylation is 2. The van der Waals surface area contributed by atoms with Crippen LogP contribution in [0.4, 0.5) is 18.9 Å². The van der Waals surface area contributed by atoms with Crippen LogP contribution < -0.4 is 5.32 Å². The van der Waals surface area contributed by atoms with Crippen LogP contribution in [-0.2, 0) is 9.84 Å². The smallest absolute Gasteiger partial charge is 0.322 e. The lowest BCUT2D eigenvalue weighted by Crippen LogP contribution is -2.23. The molecule has 0 spiro atoms. The van der Waals surface area contributed by atoms with E-state index in [1.54, 1.807) is 10.6 Å². The van der Waals surface area contributed by atoms with E-state index < -0.39 is 26.1 Å². The molecule has 0 unspecified atom stereocenters. The van der Waals surface area contributed by atoms with Gasteiger partial charge in [0.1, 0.15) is 0 Å². The summed E-state index contributed by atoms with van der Waals surface area (Å²) in [6.07, 6.45) is 1.39. The monoisotopic (exact) mass is 397 g/mol. The molecule has 0 fully saturated rings. The summed E-state index contributed by atoms with van der Waals surface area (Å²) >= 11 is 0. The quantitative estimate of drug-likeness (QED) is 0.734. The van der Waals surface area contributed by atoms with Gasteiger partial charge in [0, 0.05) is 11.4 Å². The fourth-order valence-corrected chi connectivity index (χ4v) is 3.26. The van der Waals surface area contributed by atoms with E-state index >= 15 is 0 Å². The van der Waals surface area contributed by atoms with E-state index in [0.717, 1.165) is 35.5 Å². The molecule has 10 heteroatoms. The van der Waals surface area contributed by atoms with Crippen molar-refractivity contribution in [2.45, 2.75) is 24.3 Å². The number of nitrogens with one attached hydrogen (secondary N) is 1. The zero-order valence-electron chi connectivity index (χ0n) is 14.2. The molecule has 0 atom stereocenters. The Morgan fingerprint density at radius 3 is 2.30 bits per heavy atom. The van der Waals surface area contributed by atoms with Crippen LogP contribution in [0.2, 0.25) is 0 Å². The summed E-state index contributed by atoms with van der Waals surface area (Å²) in [5.74, 6) is -0.514. The average Bonchev–Trinajstić information content (AvgIpc) is 3.02. The Kier molecular flexibility index (Phi) is 4.46. The van der Waals surface area contributed by atoms with Crippen molar-refractivity contribution in [2.75, 3.05) is 5.32 Å². The van der Waals surface area contributed by atoms with E-state index in [1.807, 2.05) is 19.9 Å². The number of hydrogen-bond acceptors (Lipinski definition) is 4. The topological polar surface area (TPSA) is 80.5 Å². The minimum absolute atomic E-state index is 0.157. The van der Waals surface area contributed by atoms with Crippen molar-refractivity contribution in [3.63, 3.8) is 0 Å². The maximum absolute atomic E-state index is 12.6. The number of pyridine rings is 1. The molecule has 3 aromatic rings. The molecule has 0 aliphatic carbocycles. The fraction of sp³-hybridized carbons (Fsp3) is 0.176. The van der Waals surface area contributed by atoms with Gasteiger partial charge >= 0.3 is 5.51 Å². The SMILES string of the molecule is Cc1ccc2c(C(=O)Nc3ccc(S(=O)(=O)C(F)(F)F)cc3)cnn2c1C. The molecule has 1 N–H and O–H groups in total. The first kappa shape index (κ1) is 18.9.